The molecule has 2 atom stereocenters. The molecule has 0 fully saturated rings. The number of hydrogen-bond donors (Lipinski definition) is 1. The van der Waals surface area contributed by atoms with Crippen LogP contribution >= 0.6 is 0 Å². The second kappa shape index (κ2) is 10.5. The third kappa shape index (κ3) is 4.83. The smallest absolute Gasteiger partial charge is 0.168 e. The van der Waals surface area contributed by atoms with Crippen molar-refractivity contribution in [2.75, 3.05) is 7.11 Å². The summed E-state index contributed by atoms with van der Waals surface area (Å²) in [6, 6.07) is 11.3. The van der Waals surface area contributed by atoms with Gasteiger partial charge in [-0.2, -0.15) is 10.2 Å². The highest BCUT2D eigenvalue weighted by molar-refractivity contribution is 5.75. The van der Waals surface area contributed by atoms with Crippen molar-refractivity contribution in [2.24, 2.45) is 0 Å². The van der Waals surface area contributed by atoms with E-state index in [2.05, 4.69) is 38.1 Å². The van der Waals surface area contributed by atoms with E-state index in [4.69, 9.17) is 14.6 Å². The number of rotatable bonds is 8. The Morgan fingerprint density at radius 1 is 1.15 bits per heavy atom. The standard InChI is InChI=1S/C29H30FN7O2/c1-4-25(23-9-8-20(30)13-33-23)39-26-11-19(16-37-29(26)27(38-3)15-34-37)28-18(2)24-14-32-22(17-36(24)35-28)12-21-7-5-6-10-31-21/h5-11,13,15-16,22,25,32H,4,12,14,17H2,1-3H3. The Balaban J connectivity index is 1.35. The summed E-state index contributed by atoms with van der Waals surface area (Å²) < 4.78 is 29.5. The molecule has 0 saturated carbocycles. The Kier molecular flexibility index (Phi) is 6.70. The fraction of sp³-hybridized carbons (Fsp3) is 0.310. The number of halogens is 1. The van der Waals surface area contributed by atoms with E-state index in [1.54, 1.807) is 23.9 Å². The van der Waals surface area contributed by atoms with Gasteiger partial charge in [0.05, 0.1) is 43.1 Å². The van der Waals surface area contributed by atoms with Gasteiger partial charge in [0.2, 0.25) is 0 Å². The van der Waals surface area contributed by atoms with E-state index in [-0.39, 0.29) is 18.0 Å². The van der Waals surface area contributed by atoms with Crippen molar-refractivity contribution in [3.8, 4) is 22.8 Å². The number of fused-ring (bicyclic) bond motifs is 2. The number of hydrogen-bond acceptors (Lipinski definition) is 7. The highest BCUT2D eigenvalue weighted by Gasteiger charge is 2.26. The topological polar surface area (TPSA) is 91.4 Å². The Morgan fingerprint density at radius 3 is 2.79 bits per heavy atom. The largest absolute Gasteiger partial charge is 0.493 e. The molecule has 0 radical (unpaired) electrons. The first kappa shape index (κ1) is 25.0. The second-order valence-corrected chi connectivity index (χ2v) is 9.72. The van der Waals surface area contributed by atoms with Crippen LogP contribution < -0.4 is 14.8 Å². The van der Waals surface area contributed by atoms with Crippen molar-refractivity contribution in [3.05, 3.63) is 89.6 Å². The number of ether oxygens (including phenoxy) is 2. The number of methoxy groups -OCH3 is 1. The third-order valence-electron chi connectivity index (χ3n) is 7.21. The second-order valence-electron chi connectivity index (χ2n) is 9.72. The van der Waals surface area contributed by atoms with Crippen LogP contribution in [0.15, 0.2) is 61.2 Å². The molecular weight excluding hydrogens is 497 g/mol. The zero-order valence-electron chi connectivity index (χ0n) is 22.1. The number of pyridine rings is 3. The van der Waals surface area contributed by atoms with E-state index >= 15 is 0 Å². The lowest BCUT2D eigenvalue weighted by molar-refractivity contribution is 0.198. The average Bonchev–Trinajstić information content (AvgIpc) is 3.53. The van der Waals surface area contributed by atoms with Crippen LogP contribution in [0.25, 0.3) is 16.8 Å². The minimum Gasteiger partial charge on any atom is -0.493 e. The van der Waals surface area contributed by atoms with Gasteiger partial charge in [0.1, 0.15) is 11.9 Å². The Bertz CT molecular complexity index is 1600. The van der Waals surface area contributed by atoms with E-state index in [1.165, 1.54) is 12.3 Å². The summed E-state index contributed by atoms with van der Waals surface area (Å²) in [6.07, 6.45) is 7.75. The zero-order chi connectivity index (χ0) is 26.9. The van der Waals surface area contributed by atoms with E-state index in [9.17, 15) is 4.39 Å². The molecule has 0 aromatic carbocycles. The average molecular weight is 528 g/mol. The van der Waals surface area contributed by atoms with Crippen molar-refractivity contribution in [1.82, 2.24) is 34.7 Å². The Hall–Kier alpha value is -4.31. The molecule has 200 valence electrons. The fourth-order valence-electron chi connectivity index (χ4n) is 5.17. The summed E-state index contributed by atoms with van der Waals surface area (Å²) in [5, 5.41) is 13.2. The minimum absolute atomic E-state index is 0.241. The molecule has 0 saturated heterocycles. The van der Waals surface area contributed by atoms with Crippen LogP contribution in [0.5, 0.6) is 11.5 Å². The van der Waals surface area contributed by atoms with Gasteiger partial charge < -0.3 is 14.8 Å². The van der Waals surface area contributed by atoms with E-state index < -0.39 is 0 Å². The van der Waals surface area contributed by atoms with Gasteiger partial charge in [0, 0.05) is 42.7 Å². The van der Waals surface area contributed by atoms with Gasteiger partial charge in [0.15, 0.2) is 17.0 Å². The summed E-state index contributed by atoms with van der Waals surface area (Å²) in [4.78, 5) is 8.73. The Morgan fingerprint density at radius 2 is 2.05 bits per heavy atom. The summed E-state index contributed by atoms with van der Waals surface area (Å²) in [5.74, 6) is 0.809. The summed E-state index contributed by atoms with van der Waals surface area (Å²) in [5.41, 5.74) is 6.44. The van der Waals surface area contributed by atoms with Gasteiger partial charge in [-0.3, -0.25) is 14.6 Å². The maximum absolute atomic E-state index is 13.5. The van der Waals surface area contributed by atoms with Gasteiger partial charge in [-0.15, -0.1) is 0 Å². The van der Waals surface area contributed by atoms with Crippen LogP contribution in [0.2, 0.25) is 0 Å². The van der Waals surface area contributed by atoms with Crippen LogP contribution in [-0.2, 0) is 19.5 Å². The molecule has 6 rings (SSSR count). The van der Waals surface area contributed by atoms with Gasteiger partial charge in [-0.05, 0) is 49.2 Å². The van der Waals surface area contributed by atoms with Crippen molar-refractivity contribution < 1.29 is 13.9 Å². The first-order valence-electron chi connectivity index (χ1n) is 13.1. The first-order chi connectivity index (χ1) is 19.0. The lowest BCUT2D eigenvalue weighted by Gasteiger charge is -2.25. The Labute approximate surface area is 225 Å². The summed E-state index contributed by atoms with van der Waals surface area (Å²) >= 11 is 0. The maximum Gasteiger partial charge on any atom is 0.168 e. The van der Waals surface area contributed by atoms with E-state index in [1.807, 2.05) is 37.5 Å². The lowest BCUT2D eigenvalue weighted by Crippen LogP contribution is -2.40. The monoisotopic (exact) mass is 527 g/mol. The van der Waals surface area contributed by atoms with Crippen molar-refractivity contribution >= 4 is 5.52 Å². The van der Waals surface area contributed by atoms with Gasteiger partial charge in [-0.25, -0.2) is 8.91 Å². The van der Waals surface area contributed by atoms with Gasteiger partial charge in [0.25, 0.3) is 0 Å². The highest BCUT2D eigenvalue weighted by atomic mass is 19.1. The molecule has 2 unspecified atom stereocenters. The molecule has 0 aliphatic carbocycles. The summed E-state index contributed by atoms with van der Waals surface area (Å²) in [7, 11) is 1.61. The zero-order valence-corrected chi connectivity index (χ0v) is 22.1. The van der Waals surface area contributed by atoms with Crippen LogP contribution in [0.4, 0.5) is 4.39 Å². The molecule has 9 nitrogen and oxygen atoms in total. The molecule has 1 aliphatic heterocycles. The van der Waals surface area contributed by atoms with Crippen molar-refractivity contribution in [3.63, 3.8) is 0 Å². The maximum atomic E-state index is 13.5. The quantitative estimate of drug-likeness (QED) is 0.313. The van der Waals surface area contributed by atoms with Gasteiger partial charge in [-0.1, -0.05) is 13.0 Å². The molecule has 0 spiro atoms. The normalized spacial score (nSPS) is 15.7. The predicted octanol–water partition coefficient (Wildman–Crippen LogP) is 4.69. The molecule has 6 heterocycles. The molecule has 5 aromatic rings. The van der Waals surface area contributed by atoms with Crippen LogP contribution in [0.1, 0.15) is 42.1 Å². The third-order valence-corrected chi connectivity index (χ3v) is 7.21. The molecule has 10 heteroatoms. The highest BCUT2D eigenvalue weighted by Crippen LogP contribution is 2.37. The molecule has 0 amide bonds. The van der Waals surface area contributed by atoms with E-state index in [0.717, 1.165) is 47.7 Å². The van der Waals surface area contributed by atoms with Crippen LogP contribution in [0, 0.1) is 12.7 Å². The molecular formula is C29H30FN7O2. The SMILES string of the molecule is CCC(Oc1cc(-c2nn3c(c2C)CNC(Cc2ccccn2)C3)cn2ncc(OC)c12)c1ccc(F)cn1. The molecule has 39 heavy (non-hydrogen) atoms. The van der Waals surface area contributed by atoms with E-state index in [0.29, 0.717) is 29.1 Å². The van der Waals surface area contributed by atoms with Gasteiger partial charge >= 0.3 is 0 Å². The van der Waals surface area contributed by atoms with Crippen molar-refractivity contribution in [1.29, 1.82) is 0 Å². The van der Waals surface area contributed by atoms with Crippen molar-refractivity contribution in [2.45, 2.75) is 51.9 Å². The number of aromatic nitrogens is 6. The molecule has 0 bridgehead atoms. The van der Waals surface area contributed by atoms with Crippen LogP contribution in [-0.4, -0.2) is 42.5 Å². The minimum atomic E-state index is -0.383. The summed E-state index contributed by atoms with van der Waals surface area (Å²) in [6.45, 7) is 5.58. The lowest BCUT2D eigenvalue weighted by atomic mass is 10.1. The number of nitrogens with zero attached hydrogens (tertiary/aromatic N) is 6. The molecule has 1 N–H and O–H groups in total. The predicted molar refractivity (Wildman–Crippen MR) is 144 cm³/mol. The first-order valence-corrected chi connectivity index (χ1v) is 13.1. The molecule has 5 aromatic heterocycles. The fourth-order valence-corrected chi connectivity index (χ4v) is 5.17. The molecule has 1 aliphatic rings. The number of nitrogens with one attached hydrogen (secondary N) is 1. The van der Waals surface area contributed by atoms with Crippen LogP contribution in [0.3, 0.4) is 0 Å².